The van der Waals surface area contributed by atoms with Gasteiger partial charge < -0.3 is 19.5 Å². The first kappa shape index (κ1) is 19.9. The number of rotatable bonds is 7. The Balaban J connectivity index is 1.69. The zero-order chi connectivity index (χ0) is 20.1. The van der Waals surface area contributed by atoms with Crippen LogP contribution in [0.25, 0.3) is 0 Å². The van der Waals surface area contributed by atoms with Crippen molar-refractivity contribution in [2.24, 2.45) is 7.05 Å². The summed E-state index contributed by atoms with van der Waals surface area (Å²) in [4.78, 5) is 33.2. The predicted octanol–water partition coefficient (Wildman–Crippen LogP) is 0.778. The number of hydrogen-bond donors (Lipinski definition) is 1. The molecule has 3 rings (SSSR count). The predicted molar refractivity (Wildman–Crippen MR) is 105 cm³/mol. The Morgan fingerprint density at radius 3 is 2.89 bits per heavy atom. The number of aryl methyl sites for hydroxylation is 1. The van der Waals surface area contributed by atoms with E-state index in [1.165, 1.54) is 0 Å². The summed E-state index contributed by atoms with van der Waals surface area (Å²) in [5.74, 6) is 1.38. The lowest BCUT2D eigenvalue weighted by Gasteiger charge is -2.35. The van der Waals surface area contributed by atoms with E-state index in [0.29, 0.717) is 26.2 Å². The van der Waals surface area contributed by atoms with Gasteiger partial charge in [-0.3, -0.25) is 14.5 Å². The number of hydrogen-bond acceptors (Lipinski definition) is 5. The molecule has 8 heteroatoms. The highest BCUT2D eigenvalue weighted by Crippen LogP contribution is 2.22. The van der Waals surface area contributed by atoms with Crippen molar-refractivity contribution >= 4 is 11.8 Å². The summed E-state index contributed by atoms with van der Waals surface area (Å²) in [5, 5.41) is 2.88. The number of benzene rings is 1. The molecular weight excluding hydrogens is 358 g/mol. The molecule has 0 spiro atoms. The van der Waals surface area contributed by atoms with E-state index in [0.717, 1.165) is 17.1 Å². The second kappa shape index (κ2) is 8.88. The van der Waals surface area contributed by atoms with Gasteiger partial charge in [0, 0.05) is 51.7 Å². The average molecular weight is 385 g/mol. The van der Waals surface area contributed by atoms with Gasteiger partial charge in [-0.15, -0.1) is 0 Å². The quantitative estimate of drug-likeness (QED) is 0.762. The Morgan fingerprint density at radius 2 is 2.18 bits per heavy atom. The Bertz CT molecular complexity index is 835. The van der Waals surface area contributed by atoms with Crippen molar-refractivity contribution < 1.29 is 14.3 Å². The molecule has 1 aromatic heterocycles. The molecule has 0 radical (unpaired) electrons. The zero-order valence-electron chi connectivity index (χ0n) is 16.6. The molecule has 150 valence electrons. The SMILES string of the molecule is COc1ccccc1CN1CCNC(=O)C1CC(=O)N(C)Cc1nccn1C. The molecule has 1 saturated heterocycles. The third-order valence-corrected chi connectivity index (χ3v) is 5.10. The van der Waals surface area contributed by atoms with Gasteiger partial charge in [0.05, 0.1) is 26.1 Å². The lowest BCUT2D eigenvalue weighted by atomic mass is 10.1. The van der Waals surface area contributed by atoms with Crippen molar-refractivity contribution in [1.29, 1.82) is 0 Å². The number of nitrogens with zero attached hydrogens (tertiary/aromatic N) is 4. The smallest absolute Gasteiger partial charge is 0.237 e. The molecule has 1 atom stereocenters. The molecule has 1 aliphatic rings. The first-order valence-electron chi connectivity index (χ1n) is 9.33. The number of imidazole rings is 1. The van der Waals surface area contributed by atoms with Crippen LogP contribution in [0.3, 0.4) is 0 Å². The number of methoxy groups -OCH3 is 1. The Labute approximate surface area is 165 Å². The Hall–Kier alpha value is -2.87. The minimum atomic E-state index is -0.505. The van der Waals surface area contributed by atoms with E-state index in [1.807, 2.05) is 47.0 Å². The zero-order valence-corrected chi connectivity index (χ0v) is 16.6. The van der Waals surface area contributed by atoms with Crippen LogP contribution in [0.1, 0.15) is 17.8 Å². The number of para-hydroxylation sites is 1. The highest BCUT2D eigenvalue weighted by Gasteiger charge is 2.33. The van der Waals surface area contributed by atoms with Gasteiger partial charge in [0.1, 0.15) is 11.6 Å². The summed E-state index contributed by atoms with van der Waals surface area (Å²) in [6.45, 7) is 2.22. The Morgan fingerprint density at radius 1 is 1.39 bits per heavy atom. The van der Waals surface area contributed by atoms with Crippen molar-refractivity contribution in [2.75, 3.05) is 27.2 Å². The number of nitrogens with one attached hydrogen (secondary N) is 1. The monoisotopic (exact) mass is 385 g/mol. The fourth-order valence-corrected chi connectivity index (χ4v) is 3.40. The molecule has 2 amide bonds. The molecule has 1 fully saturated rings. The fraction of sp³-hybridized carbons (Fsp3) is 0.450. The summed E-state index contributed by atoms with van der Waals surface area (Å²) >= 11 is 0. The number of ether oxygens (including phenoxy) is 1. The summed E-state index contributed by atoms with van der Waals surface area (Å²) in [6.07, 6.45) is 3.68. The van der Waals surface area contributed by atoms with Crippen LogP contribution in [0.4, 0.5) is 0 Å². The molecule has 0 aliphatic carbocycles. The van der Waals surface area contributed by atoms with Crippen LogP contribution in [0.5, 0.6) is 5.75 Å². The third-order valence-electron chi connectivity index (χ3n) is 5.10. The van der Waals surface area contributed by atoms with Gasteiger partial charge in [0.25, 0.3) is 0 Å². The molecule has 1 aliphatic heterocycles. The number of aromatic nitrogens is 2. The molecule has 1 N–H and O–H groups in total. The number of piperazine rings is 1. The average Bonchev–Trinajstić information content (AvgIpc) is 3.09. The van der Waals surface area contributed by atoms with Gasteiger partial charge in [-0.05, 0) is 6.07 Å². The summed E-state index contributed by atoms with van der Waals surface area (Å²) in [5.41, 5.74) is 0.999. The number of carbonyl (C=O) groups is 2. The van der Waals surface area contributed by atoms with Crippen LogP contribution >= 0.6 is 0 Å². The largest absolute Gasteiger partial charge is 0.496 e. The van der Waals surface area contributed by atoms with E-state index in [-0.39, 0.29) is 18.2 Å². The topological polar surface area (TPSA) is 79.7 Å². The first-order valence-corrected chi connectivity index (χ1v) is 9.33. The fourth-order valence-electron chi connectivity index (χ4n) is 3.40. The van der Waals surface area contributed by atoms with Crippen LogP contribution in [0, 0.1) is 0 Å². The van der Waals surface area contributed by atoms with Crippen LogP contribution in [-0.2, 0) is 29.7 Å². The molecule has 2 aromatic rings. The van der Waals surface area contributed by atoms with Crippen LogP contribution in [0.2, 0.25) is 0 Å². The lowest BCUT2D eigenvalue weighted by molar-refractivity contribution is -0.138. The van der Waals surface area contributed by atoms with Gasteiger partial charge in [-0.2, -0.15) is 0 Å². The second-order valence-electron chi connectivity index (χ2n) is 7.00. The molecule has 0 saturated carbocycles. The van der Waals surface area contributed by atoms with E-state index < -0.39 is 6.04 Å². The van der Waals surface area contributed by atoms with Crippen LogP contribution in [0.15, 0.2) is 36.7 Å². The Kier molecular flexibility index (Phi) is 6.30. The van der Waals surface area contributed by atoms with Crippen molar-refractivity contribution in [3.05, 3.63) is 48.0 Å². The second-order valence-corrected chi connectivity index (χ2v) is 7.00. The summed E-state index contributed by atoms with van der Waals surface area (Å²) in [6, 6.07) is 7.24. The lowest BCUT2D eigenvalue weighted by Crippen LogP contribution is -2.56. The molecule has 28 heavy (non-hydrogen) atoms. The molecule has 1 aromatic carbocycles. The standard InChI is InChI=1S/C20H27N5O3/c1-23-10-8-21-18(23)14-24(2)19(26)12-16-20(27)22-9-11-25(16)13-15-6-4-5-7-17(15)28-3/h4-8,10,16H,9,11-14H2,1-3H3,(H,22,27). The van der Waals surface area contributed by atoms with Crippen molar-refractivity contribution in [3.8, 4) is 5.75 Å². The maximum absolute atomic E-state index is 12.8. The van der Waals surface area contributed by atoms with Crippen LogP contribution in [-0.4, -0.2) is 64.5 Å². The minimum Gasteiger partial charge on any atom is -0.496 e. The van der Waals surface area contributed by atoms with E-state index in [9.17, 15) is 9.59 Å². The molecule has 1 unspecified atom stereocenters. The number of amides is 2. The molecule has 8 nitrogen and oxygen atoms in total. The maximum atomic E-state index is 12.8. The van der Waals surface area contributed by atoms with Crippen molar-refractivity contribution in [2.45, 2.75) is 25.6 Å². The highest BCUT2D eigenvalue weighted by atomic mass is 16.5. The molecule has 0 bridgehead atoms. The van der Waals surface area contributed by atoms with Gasteiger partial charge in [-0.1, -0.05) is 18.2 Å². The minimum absolute atomic E-state index is 0.0879. The van der Waals surface area contributed by atoms with Crippen molar-refractivity contribution in [3.63, 3.8) is 0 Å². The van der Waals surface area contributed by atoms with Crippen molar-refractivity contribution in [1.82, 2.24) is 24.7 Å². The van der Waals surface area contributed by atoms with Gasteiger partial charge in [-0.25, -0.2) is 4.98 Å². The third kappa shape index (κ3) is 4.51. The van der Waals surface area contributed by atoms with E-state index in [4.69, 9.17) is 4.74 Å². The first-order chi connectivity index (χ1) is 13.5. The normalized spacial score (nSPS) is 17.2. The van der Waals surface area contributed by atoms with Gasteiger partial charge in [0.2, 0.25) is 11.8 Å². The molecular formula is C20H27N5O3. The van der Waals surface area contributed by atoms with Crippen LogP contribution < -0.4 is 10.1 Å². The molecule has 2 heterocycles. The number of carbonyl (C=O) groups excluding carboxylic acids is 2. The van der Waals surface area contributed by atoms with Gasteiger partial charge in [0.15, 0.2) is 0 Å². The maximum Gasteiger partial charge on any atom is 0.237 e. The van der Waals surface area contributed by atoms with E-state index in [2.05, 4.69) is 10.3 Å². The summed E-state index contributed by atoms with van der Waals surface area (Å²) in [7, 11) is 5.27. The van der Waals surface area contributed by atoms with Gasteiger partial charge >= 0.3 is 0 Å². The van der Waals surface area contributed by atoms with E-state index >= 15 is 0 Å². The highest BCUT2D eigenvalue weighted by molar-refractivity contribution is 5.88. The van der Waals surface area contributed by atoms with E-state index in [1.54, 1.807) is 25.3 Å². The summed E-state index contributed by atoms with van der Waals surface area (Å²) < 4.78 is 7.31.